The smallest absolute Gasteiger partial charge is 0.348 e. The third-order valence-electron chi connectivity index (χ3n) is 4.54. The van der Waals surface area contributed by atoms with Gasteiger partial charge in [-0.3, -0.25) is 4.79 Å². The van der Waals surface area contributed by atoms with Crippen molar-refractivity contribution in [2.45, 2.75) is 45.3 Å². The zero-order valence-electron chi connectivity index (χ0n) is 16.4. The number of methoxy groups -OCH3 is 1. The number of carbonyl (C=O) groups excluding carboxylic acids is 2. The van der Waals surface area contributed by atoms with Crippen molar-refractivity contribution >= 4 is 23.2 Å². The number of aliphatic hydroxyl groups is 1. The van der Waals surface area contributed by atoms with Crippen LogP contribution in [0.2, 0.25) is 0 Å². The number of hydrogen-bond donors (Lipinski definition) is 1. The van der Waals surface area contributed by atoms with Crippen molar-refractivity contribution in [3.05, 3.63) is 34.0 Å². The maximum atomic E-state index is 12.2. The van der Waals surface area contributed by atoms with Crippen LogP contribution in [0, 0.1) is 29.6 Å². The normalized spacial score (nSPS) is 18.2. The molecule has 1 amide bonds. The highest BCUT2D eigenvalue weighted by molar-refractivity contribution is 7.14. The Kier molecular flexibility index (Phi) is 8.32. The van der Waals surface area contributed by atoms with Gasteiger partial charge in [0.25, 0.3) is 0 Å². The summed E-state index contributed by atoms with van der Waals surface area (Å²) in [4.78, 5) is 26.6. The van der Waals surface area contributed by atoms with Crippen molar-refractivity contribution in [3.63, 3.8) is 0 Å². The number of likely N-dealkylation sites (tertiary alicyclic amines) is 1. The first-order valence-electron chi connectivity index (χ1n) is 9.18. The van der Waals surface area contributed by atoms with Crippen LogP contribution in [0.4, 0.5) is 0 Å². The lowest BCUT2D eigenvalue weighted by molar-refractivity contribution is -0.127. The summed E-state index contributed by atoms with van der Waals surface area (Å²) in [5, 5.41) is 10.2. The quantitative estimate of drug-likeness (QED) is 0.454. The predicted molar refractivity (Wildman–Crippen MR) is 110 cm³/mol. The number of thiophene rings is 1. The van der Waals surface area contributed by atoms with Gasteiger partial charge in [0.2, 0.25) is 5.91 Å². The van der Waals surface area contributed by atoms with E-state index in [2.05, 4.69) is 28.4 Å². The maximum absolute atomic E-state index is 12.2. The van der Waals surface area contributed by atoms with Crippen molar-refractivity contribution in [3.8, 4) is 23.7 Å². The van der Waals surface area contributed by atoms with E-state index in [-0.39, 0.29) is 23.8 Å². The number of amides is 1. The molecule has 0 saturated carbocycles. The Hall–Kier alpha value is -2.54. The molecule has 0 unspecified atom stereocenters. The van der Waals surface area contributed by atoms with Gasteiger partial charge in [-0.2, -0.15) is 0 Å². The topological polar surface area (TPSA) is 66.8 Å². The maximum Gasteiger partial charge on any atom is 0.348 e. The molecule has 1 aliphatic heterocycles. The average Bonchev–Trinajstić information content (AvgIpc) is 3.31. The average molecular weight is 400 g/mol. The van der Waals surface area contributed by atoms with Crippen LogP contribution >= 0.6 is 11.3 Å². The Morgan fingerprint density at radius 2 is 2.25 bits per heavy atom. The Morgan fingerprint density at radius 1 is 1.46 bits per heavy atom. The fraction of sp³-hybridized carbons (Fsp3) is 0.455. The molecule has 0 aromatic carbocycles. The number of nitrogens with zero attached hydrogens (tertiary/aromatic N) is 1. The second kappa shape index (κ2) is 10.7. The molecule has 1 aliphatic rings. The molecule has 1 saturated heterocycles. The summed E-state index contributed by atoms with van der Waals surface area (Å²) >= 11 is 1.26. The van der Waals surface area contributed by atoms with Crippen LogP contribution in [0.5, 0.6) is 0 Å². The molecule has 1 N–H and O–H groups in total. The molecule has 0 radical (unpaired) electrons. The molecule has 1 fully saturated rings. The van der Waals surface area contributed by atoms with Crippen molar-refractivity contribution in [2.24, 2.45) is 5.92 Å². The first-order valence-corrected chi connectivity index (χ1v) is 10.0. The Balaban J connectivity index is 1.97. The minimum absolute atomic E-state index is 0.0388. The highest BCUT2D eigenvalue weighted by Crippen LogP contribution is 2.21. The molecule has 6 heteroatoms. The van der Waals surface area contributed by atoms with E-state index in [9.17, 15) is 14.7 Å². The van der Waals surface area contributed by atoms with E-state index < -0.39 is 6.10 Å². The molecule has 2 rings (SSSR count). The Morgan fingerprint density at radius 3 is 2.96 bits per heavy atom. The van der Waals surface area contributed by atoms with Gasteiger partial charge in [-0.05, 0) is 31.4 Å². The third-order valence-corrected chi connectivity index (χ3v) is 5.52. The number of rotatable bonds is 6. The van der Waals surface area contributed by atoms with Crippen LogP contribution in [0.15, 0.2) is 24.3 Å². The molecule has 5 nitrogen and oxygen atoms in total. The molecule has 148 valence electrons. The zero-order chi connectivity index (χ0) is 20.5. The number of aliphatic hydroxyl groups excluding tert-OH is 1. The lowest BCUT2D eigenvalue weighted by atomic mass is 10.00. The molecule has 2 heterocycles. The molecule has 1 aromatic rings. The van der Waals surface area contributed by atoms with E-state index in [4.69, 9.17) is 0 Å². The lowest BCUT2D eigenvalue weighted by Gasteiger charge is -2.20. The van der Waals surface area contributed by atoms with Crippen LogP contribution < -0.4 is 0 Å². The summed E-state index contributed by atoms with van der Waals surface area (Å²) in [5.74, 6) is 11.5. The van der Waals surface area contributed by atoms with Crippen LogP contribution in [0.3, 0.4) is 0 Å². The van der Waals surface area contributed by atoms with Gasteiger partial charge in [-0.25, -0.2) is 4.79 Å². The number of ether oxygens (including phenoxy) is 1. The second-order valence-corrected chi connectivity index (χ2v) is 7.65. The lowest BCUT2D eigenvalue weighted by Crippen LogP contribution is -2.32. The fourth-order valence-corrected chi connectivity index (χ4v) is 3.60. The molecule has 0 aliphatic carbocycles. The molecule has 0 bridgehead atoms. The second-order valence-electron chi connectivity index (χ2n) is 6.57. The van der Waals surface area contributed by atoms with Crippen molar-refractivity contribution < 1.29 is 19.4 Å². The van der Waals surface area contributed by atoms with Gasteiger partial charge in [0.05, 0.1) is 30.7 Å². The molecule has 1 aromatic heterocycles. The van der Waals surface area contributed by atoms with E-state index in [0.29, 0.717) is 24.3 Å². The summed E-state index contributed by atoms with van der Waals surface area (Å²) in [6.45, 7) is 4.04. The number of esters is 1. The predicted octanol–water partition coefficient (Wildman–Crippen LogP) is 2.84. The van der Waals surface area contributed by atoms with Gasteiger partial charge in [0.15, 0.2) is 0 Å². The number of carbonyl (C=O) groups is 2. The minimum Gasteiger partial charge on any atom is -0.465 e. The van der Waals surface area contributed by atoms with Crippen LogP contribution in [0.1, 0.15) is 47.7 Å². The van der Waals surface area contributed by atoms with Crippen molar-refractivity contribution in [1.82, 2.24) is 4.90 Å². The zero-order valence-corrected chi connectivity index (χ0v) is 17.2. The van der Waals surface area contributed by atoms with Crippen molar-refractivity contribution in [1.29, 1.82) is 0 Å². The molecular formula is C22H25NO4S. The monoisotopic (exact) mass is 399 g/mol. The Labute approximate surface area is 170 Å². The van der Waals surface area contributed by atoms with E-state index in [1.807, 2.05) is 13.0 Å². The van der Waals surface area contributed by atoms with Gasteiger partial charge in [0, 0.05) is 12.8 Å². The first kappa shape index (κ1) is 21.8. The van der Waals surface area contributed by atoms with E-state index >= 15 is 0 Å². The highest BCUT2D eigenvalue weighted by Gasteiger charge is 2.28. The minimum atomic E-state index is -0.590. The fourth-order valence-electron chi connectivity index (χ4n) is 2.80. The van der Waals surface area contributed by atoms with E-state index in [1.54, 1.807) is 30.0 Å². The summed E-state index contributed by atoms with van der Waals surface area (Å²) in [6.07, 6.45) is 4.90. The van der Waals surface area contributed by atoms with Crippen LogP contribution in [-0.2, 0) is 9.53 Å². The van der Waals surface area contributed by atoms with Gasteiger partial charge in [-0.1, -0.05) is 30.9 Å². The van der Waals surface area contributed by atoms with Gasteiger partial charge in [0.1, 0.15) is 4.88 Å². The summed E-state index contributed by atoms with van der Waals surface area (Å²) in [6, 6.07) is 3.39. The van der Waals surface area contributed by atoms with Crippen LogP contribution in [0.25, 0.3) is 0 Å². The summed E-state index contributed by atoms with van der Waals surface area (Å²) in [5.41, 5.74) is 0. The van der Waals surface area contributed by atoms with Gasteiger partial charge in [-0.15, -0.1) is 23.2 Å². The standard InChI is InChI=1S/C22H25NO4S/c1-4-5-7-16(2)19(24)12-9-17-10-14-21(25)23(17)15-6-8-18-11-13-20(28-18)22(26)27-3/h9,11-13,16-17,19,24H,7,10,14-15H2,1-3H3/b12-9+/t16-,17-,19+/m0/s1. The largest absolute Gasteiger partial charge is 0.465 e. The van der Waals surface area contributed by atoms with Gasteiger partial charge >= 0.3 is 5.97 Å². The van der Waals surface area contributed by atoms with E-state index in [0.717, 1.165) is 11.3 Å². The first-order chi connectivity index (χ1) is 13.5. The van der Waals surface area contributed by atoms with E-state index in [1.165, 1.54) is 18.4 Å². The summed E-state index contributed by atoms with van der Waals surface area (Å²) < 4.78 is 4.68. The van der Waals surface area contributed by atoms with Crippen molar-refractivity contribution in [2.75, 3.05) is 13.7 Å². The molecule has 0 spiro atoms. The molecule has 28 heavy (non-hydrogen) atoms. The SMILES string of the molecule is CC#CC[C@H](C)[C@H](O)/C=C/[C@H]1CCC(=O)N1CC#Cc1ccc(C(=O)OC)s1. The highest BCUT2D eigenvalue weighted by atomic mass is 32.1. The molecular weight excluding hydrogens is 374 g/mol. The number of hydrogen-bond acceptors (Lipinski definition) is 5. The molecule has 3 atom stereocenters. The third kappa shape index (κ3) is 5.99. The Bertz CT molecular complexity index is 849. The summed E-state index contributed by atoms with van der Waals surface area (Å²) in [7, 11) is 1.34. The van der Waals surface area contributed by atoms with Gasteiger partial charge < -0.3 is 14.7 Å². The van der Waals surface area contributed by atoms with Crippen LogP contribution in [-0.4, -0.2) is 47.7 Å².